The van der Waals surface area contributed by atoms with Crippen molar-refractivity contribution in [3.05, 3.63) is 35.4 Å². The summed E-state index contributed by atoms with van der Waals surface area (Å²) in [7, 11) is 1.88. The number of aliphatic imine (C=N–C) groups is 1. The summed E-state index contributed by atoms with van der Waals surface area (Å²) in [6, 6.07) is 8.57. The topological polar surface area (TPSA) is 12.4 Å². The Bertz CT molecular complexity index is 272. The fourth-order valence-electron chi connectivity index (χ4n) is 1.56. The van der Waals surface area contributed by atoms with Crippen molar-refractivity contribution in [2.24, 2.45) is 4.99 Å². The van der Waals surface area contributed by atoms with Gasteiger partial charge in [-0.05, 0) is 11.1 Å². The highest BCUT2D eigenvalue weighted by Gasteiger charge is 2.14. The minimum absolute atomic E-state index is 1.06. The molecular formula is C10H11N. The smallest absolute Gasteiger partial charge is 0.0276 e. The van der Waals surface area contributed by atoms with Gasteiger partial charge in [0.25, 0.3) is 0 Å². The Hall–Kier alpha value is -1.11. The van der Waals surface area contributed by atoms with E-state index in [-0.39, 0.29) is 0 Å². The minimum Gasteiger partial charge on any atom is -0.297 e. The van der Waals surface area contributed by atoms with Crippen molar-refractivity contribution in [2.75, 3.05) is 7.05 Å². The first-order valence-corrected chi connectivity index (χ1v) is 3.91. The highest BCUT2D eigenvalue weighted by Crippen LogP contribution is 2.18. The second kappa shape index (κ2) is 2.50. The molecule has 0 N–H and O–H groups in total. The molecule has 2 rings (SSSR count). The molecule has 0 heterocycles. The Morgan fingerprint density at radius 1 is 1.09 bits per heavy atom. The van der Waals surface area contributed by atoms with Crippen LogP contribution in [0.2, 0.25) is 0 Å². The van der Waals surface area contributed by atoms with Gasteiger partial charge in [-0.1, -0.05) is 24.3 Å². The molecule has 1 heteroatoms. The molecule has 1 aliphatic carbocycles. The van der Waals surface area contributed by atoms with E-state index >= 15 is 0 Å². The van der Waals surface area contributed by atoms with E-state index in [0.717, 1.165) is 12.8 Å². The summed E-state index contributed by atoms with van der Waals surface area (Å²) in [6.45, 7) is 0. The first kappa shape index (κ1) is 6.59. The molecule has 0 aliphatic heterocycles. The predicted octanol–water partition coefficient (Wildman–Crippen LogP) is 1.86. The molecule has 0 saturated heterocycles. The van der Waals surface area contributed by atoms with Crippen LogP contribution >= 0.6 is 0 Å². The zero-order chi connectivity index (χ0) is 7.68. The standard InChI is InChI=1S/C10H11N/c1-11-10-6-8-4-2-3-5-9(8)7-10/h2-5H,6-7H2,1H3. The highest BCUT2D eigenvalue weighted by atomic mass is 14.7. The first-order valence-electron chi connectivity index (χ1n) is 3.91. The number of fused-ring (bicyclic) bond motifs is 1. The normalized spacial score (nSPS) is 14.8. The van der Waals surface area contributed by atoms with Crippen LogP contribution in [0.3, 0.4) is 0 Å². The van der Waals surface area contributed by atoms with Gasteiger partial charge < -0.3 is 0 Å². The van der Waals surface area contributed by atoms with E-state index in [4.69, 9.17) is 0 Å². The average molecular weight is 145 g/mol. The predicted molar refractivity (Wildman–Crippen MR) is 47.2 cm³/mol. The highest BCUT2D eigenvalue weighted by molar-refractivity contribution is 5.92. The molecule has 1 aromatic carbocycles. The van der Waals surface area contributed by atoms with Crippen molar-refractivity contribution in [1.82, 2.24) is 0 Å². The van der Waals surface area contributed by atoms with E-state index in [0.29, 0.717) is 0 Å². The third kappa shape index (κ3) is 1.07. The van der Waals surface area contributed by atoms with Crippen LogP contribution in [0.4, 0.5) is 0 Å². The summed E-state index contributed by atoms with van der Waals surface area (Å²) >= 11 is 0. The summed E-state index contributed by atoms with van der Waals surface area (Å²) in [6.07, 6.45) is 2.12. The fraction of sp³-hybridized carbons (Fsp3) is 0.300. The molecule has 0 radical (unpaired) electrons. The van der Waals surface area contributed by atoms with Gasteiger partial charge >= 0.3 is 0 Å². The maximum absolute atomic E-state index is 4.22. The third-order valence-corrected chi connectivity index (χ3v) is 2.22. The van der Waals surface area contributed by atoms with Crippen LogP contribution in [0.15, 0.2) is 29.3 Å². The zero-order valence-corrected chi connectivity index (χ0v) is 6.67. The van der Waals surface area contributed by atoms with Crippen LogP contribution in [0.5, 0.6) is 0 Å². The lowest BCUT2D eigenvalue weighted by Gasteiger charge is -1.92. The van der Waals surface area contributed by atoms with Crippen molar-refractivity contribution in [3.63, 3.8) is 0 Å². The van der Waals surface area contributed by atoms with Crippen LogP contribution in [-0.2, 0) is 12.8 Å². The van der Waals surface area contributed by atoms with Crippen molar-refractivity contribution < 1.29 is 0 Å². The maximum atomic E-state index is 4.22. The minimum atomic E-state index is 1.06. The summed E-state index contributed by atoms with van der Waals surface area (Å²) in [5.74, 6) is 0. The molecule has 56 valence electrons. The SMILES string of the molecule is CN=C1Cc2ccccc2C1. The van der Waals surface area contributed by atoms with Gasteiger partial charge in [-0.25, -0.2) is 0 Å². The van der Waals surface area contributed by atoms with Gasteiger partial charge in [-0.15, -0.1) is 0 Å². The Kier molecular flexibility index (Phi) is 1.50. The monoisotopic (exact) mass is 145 g/mol. The number of benzene rings is 1. The van der Waals surface area contributed by atoms with Crippen LogP contribution in [-0.4, -0.2) is 12.8 Å². The van der Waals surface area contributed by atoms with Gasteiger partial charge in [0, 0.05) is 25.6 Å². The zero-order valence-electron chi connectivity index (χ0n) is 6.67. The van der Waals surface area contributed by atoms with Crippen molar-refractivity contribution in [3.8, 4) is 0 Å². The second-order valence-corrected chi connectivity index (χ2v) is 2.91. The quantitative estimate of drug-likeness (QED) is 0.528. The molecule has 0 saturated carbocycles. The van der Waals surface area contributed by atoms with Crippen molar-refractivity contribution >= 4 is 5.71 Å². The van der Waals surface area contributed by atoms with Gasteiger partial charge in [0.05, 0.1) is 0 Å². The van der Waals surface area contributed by atoms with Gasteiger partial charge in [0.15, 0.2) is 0 Å². The Morgan fingerprint density at radius 2 is 1.64 bits per heavy atom. The number of hydrogen-bond donors (Lipinski definition) is 0. The van der Waals surface area contributed by atoms with Gasteiger partial charge in [0.1, 0.15) is 0 Å². The molecule has 0 unspecified atom stereocenters. The van der Waals surface area contributed by atoms with Crippen LogP contribution in [0.25, 0.3) is 0 Å². The second-order valence-electron chi connectivity index (χ2n) is 2.91. The summed E-state index contributed by atoms with van der Waals surface area (Å²) in [5, 5.41) is 0. The van der Waals surface area contributed by atoms with E-state index in [9.17, 15) is 0 Å². The molecule has 0 amide bonds. The lowest BCUT2D eigenvalue weighted by atomic mass is 10.1. The molecule has 0 fully saturated rings. The van der Waals surface area contributed by atoms with Gasteiger partial charge in [0.2, 0.25) is 0 Å². The molecule has 1 nitrogen and oxygen atoms in total. The van der Waals surface area contributed by atoms with Crippen LogP contribution in [0, 0.1) is 0 Å². The molecular weight excluding hydrogens is 134 g/mol. The maximum Gasteiger partial charge on any atom is 0.0276 e. The van der Waals surface area contributed by atoms with Crippen LogP contribution in [0.1, 0.15) is 11.1 Å². The van der Waals surface area contributed by atoms with Crippen molar-refractivity contribution in [2.45, 2.75) is 12.8 Å². The van der Waals surface area contributed by atoms with Crippen LogP contribution < -0.4 is 0 Å². The molecule has 1 aliphatic rings. The Labute approximate surface area is 66.8 Å². The lowest BCUT2D eigenvalue weighted by molar-refractivity contribution is 1.31. The molecule has 0 spiro atoms. The fourth-order valence-corrected chi connectivity index (χ4v) is 1.56. The van der Waals surface area contributed by atoms with E-state index < -0.39 is 0 Å². The van der Waals surface area contributed by atoms with Crippen molar-refractivity contribution in [1.29, 1.82) is 0 Å². The Balaban J connectivity index is 2.41. The molecule has 11 heavy (non-hydrogen) atoms. The van der Waals surface area contributed by atoms with E-state index in [1.165, 1.54) is 16.8 Å². The first-order chi connectivity index (χ1) is 5.40. The largest absolute Gasteiger partial charge is 0.297 e. The molecule has 1 aromatic rings. The average Bonchev–Trinajstić information content (AvgIpc) is 2.46. The summed E-state index contributed by atoms with van der Waals surface area (Å²) in [5.41, 5.74) is 4.22. The number of hydrogen-bond acceptors (Lipinski definition) is 1. The van der Waals surface area contributed by atoms with Gasteiger partial charge in [-0.3, -0.25) is 4.99 Å². The molecule has 0 aromatic heterocycles. The third-order valence-electron chi connectivity index (χ3n) is 2.22. The summed E-state index contributed by atoms with van der Waals surface area (Å²) < 4.78 is 0. The molecule has 0 atom stereocenters. The molecule has 0 bridgehead atoms. The van der Waals surface area contributed by atoms with E-state index in [1.807, 2.05) is 7.05 Å². The lowest BCUT2D eigenvalue weighted by Crippen LogP contribution is -1.94. The van der Waals surface area contributed by atoms with E-state index in [1.54, 1.807) is 0 Å². The van der Waals surface area contributed by atoms with Gasteiger partial charge in [-0.2, -0.15) is 0 Å². The summed E-state index contributed by atoms with van der Waals surface area (Å²) in [4.78, 5) is 4.22. The number of rotatable bonds is 0. The Morgan fingerprint density at radius 3 is 2.09 bits per heavy atom. The van der Waals surface area contributed by atoms with E-state index in [2.05, 4.69) is 29.3 Å². The number of nitrogens with zero attached hydrogens (tertiary/aromatic N) is 1.